The number of hydrogen-bond acceptors (Lipinski definition) is 4. The van der Waals surface area contributed by atoms with Gasteiger partial charge in [0.15, 0.2) is 5.78 Å². The summed E-state index contributed by atoms with van der Waals surface area (Å²) in [5, 5.41) is 3.20. The highest BCUT2D eigenvalue weighted by atomic mass is 16.5. The van der Waals surface area contributed by atoms with Crippen LogP contribution in [0.1, 0.15) is 36.5 Å². The highest BCUT2D eigenvalue weighted by Crippen LogP contribution is 2.18. The molecule has 1 aromatic heterocycles. The first-order chi connectivity index (χ1) is 8.29. The van der Waals surface area contributed by atoms with Gasteiger partial charge in [0.2, 0.25) is 0 Å². The van der Waals surface area contributed by atoms with Crippen LogP contribution >= 0.6 is 0 Å². The van der Waals surface area contributed by atoms with E-state index in [0.29, 0.717) is 30.5 Å². The zero-order valence-corrected chi connectivity index (χ0v) is 10.1. The quantitative estimate of drug-likeness (QED) is 0.731. The van der Waals surface area contributed by atoms with Crippen LogP contribution in [-0.4, -0.2) is 30.0 Å². The second kappa shape index (κ2) is 5.77. The molecule has 92 valence electrons. The van der Waals surface area contributed by atoms with Crippen molar-refractivity contribution in [2.45, 2.75) is 32.2 Å². The first-order valence-electron chi connectivity index (χ1n) is 6.14. The number of ketones is 1. The van der Waals surface area contributed by atoms with Gasteiger partial charge in [-0.15, -0.1) is 0 Å². The van der Waals surface area contributed by atoms with E-state index < -0.39 is 0 Å². The molecule has 17 heavy (non-hydrogen) atoms. The predicted octanol–water partition coefficient (Wildman–Crippen LogP) is 1.81. The molecular formula is C13H18N2O2. The fourth-order valence-electron chi connectivity index (χ4n) is 1.50. The zero-order valence-electron chi connectivity index (χ0n) is 10.1. The molecule has 0 aliphatic heterocycles. The van der Waals surface area contributed by atoms with Gasteiger partial charge in [0.25, 0.3) is 0 Å². The molecule has 0 spiro atoms. The van der Waals surface area contributed by atoms with Crippen molar-refractivity contribution in [3.05, 3.63) is 24.0 Å². The molecule has 0 saturated heterocycles. The Bertz CT molecular complexity index is 389. The lowest BCUT2D eigenvalue weighted by Crippen LogP contribution is -2.24. The maximum Gasteiger partial charge on any atom is 0.178 e. The molecule has 0 bridgehead atoms. The zero-order chi connectivity index (χ0) is 12.1. The topological polar surface area (TPSA) is 51.2 Å². The number of nitrogens with zero attached hydrogens (tertiary/aromatic N) is 1. The Morgan fingerprint density at radius 2 is 2.35 bits per heavy atom. The van der Waals surface area contributed by atoms with Gasteiger partial charge in [0.1, 0.15) is 5.75 Å². The van der Waals surface area contributed by atoms with Crippen LogP contribution in [0.5, 0.6) is 5.75 Å². The van der Waals surface area contributed by atoms with Crippen molar-refractivity contribution in [1.82, 2.24) is 10.3 Å². The summed E-state index contributed by atoms with van der Waals surface area (Å²) in [5.74, 6) is 0.746. The average Bonchev–Trinajstić information content (AvgIpc) is 3.18. The van der Waals surface area contributed by atoms with E-state index in [-0.39, 0.29) is 5.78 Å². The van der Waals surface area contributed by atoms with E-state index in [0.717, 1.165) is 6.42 Å². The summed E-state index contributed by atoms with van der Waals surface area (Å²) in [6.07, 6.45) is 6.55. The lowest BCUT2D eigenvalue weighted by Gasteiger charge is -2.06. The third-order valence-electron chi connectivity index (χ3n) is 2.64. The Balaban J connectivity index is 1.91. The molecule has 2 rings (SSSR count). The molecule has 4 heteroatoms. The molecule has 1 aliphatic rings. The number of rotatable bonds is 7. The van der Waals surface area contributed by atoms with Crippen LogP contribution in [0.25, 0.3) is 0 Å². The van der Waals surface area contributed by atoms with Gasteiger partial charge in [-0.25, -0.2) is 0 Å². The van der Waals surface area contributed by atoms with Crippen molar-refractivity contribution in [2.24, 2.45) is 0 Å². The van der Waals surface area contributed by atoms with Crippen molar-refractivity contribution >= 4 is 5.78 Å². The van der Waals surface area contributed by atoms with Crippen LogP contribution in [0.3, 0.4) is 0 Å². The fourth-order valence-corrected chi connectivity index (χ4v) is 1.50. The van der Waals surface area contributed by atoms with Crippen molar-refractivity contribution in [3.63, 3.8) is 0 Å². The normalized spacial score (nSPS) is 14.6. The largest absolute Gasteiger partial charge is 0.492 e. The summed E-state index contributed by atoms with van der Waals surface area (Å²) in [5.41, 5.74) is 0.617. The minimum atomic E-state index is 0.0753. The lowest BCUT2D eigenvalue weighted by atomic mass is 10.2. The SMILES string of the molecule is CCCOc1cncc(C(=O)CNC2CC2)c1. The van der Waals surface area contributed by atoms with Crippen LogP contribution in [0.4, 0.5) is 0 Å². The molecule has 0 amide bonds. The molecule has 1 aliphatic carbocycles. The predicted molar refractivity (Wildman–Crippen MR) is 65.4 cm³/mol. The first-order valence-corrected chi connectivity index (χ1v) is 6.14. The number of carbonyl (C=O) groups excluding carboxylic acids is 1. The number of carbonyl (C=O) groups is 1. The van der Waals surface area contributed by atoms with Gasteiger partial charge < -0.3 is 10.1 Å². The summed E-state index contributed by atoms with van der Waals surface area (Å²) < 4.78 is 5.45. The van der Waals surface area contributed by atoms with E-state index >= 15 is 0 Å². The van der Waals surface area contributed by atoms with Gasteiger partial charge >= 0.3 is 0 Å². The smallest absolute Gasteiger partial charge is 0.178 e. The summed E-state index contributed by atoms with van der Waals surface area (Å²) in [6.45, 7) is 3.09. The molecule has 1 heterocycles. The van der Waals surface area contributed by atoms with Crippen molar-refractivity contribution in [2.75, 3.05) is 13.2 Å². The van der Waals surface area contributed by atoms with Crippen molar-refractivity contribution in [1.29, 1.82) is 0 Å². The molecule has 4 nitrogen and oxygen atoms in total. The Labute approximate surface area is 101 Å². The number of Topliss-reactive ketones (excluding diaryl/α,β-unsaturated/α-hetero) is 1. The molecular weight excluding hydrogens is 216 g/mol. The Hall–Kier alpha value is -1.42. The van der Waals surface area contributed by atoms with E-state index in [1.807, 2.05) is 6.92 Å². The summed E-state index contributed by atoms with van der Waals surface area (Å²) in [6, 6.07) is 2.31. The Kier molecular flexibility index (Phi) is 4.09. The van der Waals surface area contributed by atoms with E-state index in [9.17, 15) is 4.79 Å². The minimum absolute atomic E-state index is 0.0753. The molecule has 0 unspecified atom stereocenters. The highest BCUT2D eigenvalue weighted by Gasteiger charge is 2.21. The van der Waals surface area contributed by atoms with Gasteiger partial charge in [-0.1, -0.05) is 6.92 Å². The second-order valence-electron chi connectivity index (χ2n) is 4.34. The molecule has 1 fully saturated rings. The number of pyridine rings is 1. The van der Waals surface area contributed by atoms with E-state index in [4.69, 9.17) is 4.74 Å². The van der Waals surface area contributed by atoms with Crippen LogP contribution < -0.4 is 10.1 Å². The fraction of sp³-hybridized carbons (Fsp3) is 0.538. The summed E-state index contributed by atoms with van der Waals surface area (Å²) in [4.78, 5) is 15.9. The number of ether oxygens (including phenoxy) is 1. The molecule has 0 aromatic carbocycles. The number of aromatic nitrogens is 1. The first kappa shape index (κ1) is 12.0. The van der Waals surface area contributed by atoms with Crippen molar-refractivity contribution < 1.29 is 9.53 Å². The second-order valence-corrected chi connectivity index (χ2v) is 4.34. The number of hydrogen-bond donors (Lipinski definition) is 1. The lowest BCUT2D eigenvalue weighted by molar-refractivity contribution is 0.0989. The van der Waals surface area contributed by atoms with Crippen LogP contribution in [0.15, 0.2) is 18.5 Å². The Morgan fingerprint density at radius 3 is 3.06 bits per heavy atom. The standard InChI is InChI=1S/C13H18N2O2/c1-2-5-17-12-6-10(7-14-8-12)13(16)9-15-11-3-4-11/h6-8,11,15H,2-5,9H2,1H3. The van der Waals surface area contributed by atoms with Crippen LogP contribution in [0.2, 0.25) is 0 Å². The molecule has 1 saturated carbocycles. The molecule has 1 aromatic rings. The maximum atomic E-state index is 11.8. The van der Waals surface area contributed by atoms with Crippen LogP contribution in [-0.2, 0) is 0 Å². The molecule has 1 N–H and O–H groups in total. The minimum Gasteiger partial charge on any atom is -0.492 e. The number of nitrogens with one attached hydrogen (secondary N) is 1. The van der Waals surface area contributed by atoms with Gasteiger partial charge in [0.05, 0.1) is 19.3 Å². The van der Waals surface area contributed by atoms with Gasteiger partial charge in [-0.3, -0.25) is 9.78 Å². The van der Waals surface area contributed by atoms with Crippen LogP contribution in [0, 0.1) is 0 Å². The van der Waals surface area contributed by atoms with Gasteiger partial charge in [-0.05, 0) is 25.3 Å². The van der Waals surface area contributed by atoms with E-state index in [1.165, 1.54) is 12.8 Å². The van der Waals surface area contributed by atoms with E-state index in [1.54, 1.807) is 18.5 Å². The van der Waals surface area contributed by atoms with Crippen molar-refractivity contribution in [3.8, 4) is 5.75 Å². The summed E-state index contributed by atoms with van der Waals surface area (Å²) >= 11 is 0. The highest BCUT2D eigenvalue weighted by molar-refractivity contribution is 5.97. The average molecular weight is 234 g/mol. The third-order valence-corrected chi connectivity index (χ3v) is 2.64. The van der Waals surface area contributed by atoms with Gasteiger partial charge in [-0.2, -0.15) is 0 Å². The monoisotopic (exact) mass is 234 g/mol. The van der Waals surface area contributed by atoms with Gasteiger partial charge in [0, 0.05) is 17.8 Å². The third kappa shape index (κ3) is 3.82. The maximum absolute atomic E-state index is 11.8. The molecule has 0 radical (unpaired) electrons. The Morgan fingerprint density at radius 1 is 1.53 bits per heavy atom. The van der Waals surface area contributed by atoms with E-state index in [2.05, 4.69) is 10.3 Å². The summed E-state index contributed by atoms with van der Waals surface area (Å²) in [7, 11) is 0. The molecule has 0 atom stereocenters.